The van der Waals surface area contributed by atoms with Crippen molar-refractivity contribution >= 4 is 23.2 Å². The number of nitro groups is 1. The summed E-state index contributed by atoms with van der Waals surface area (Å²) in [6.07, 6.45) is 0. The minimum atomic E-state index is -0.710. The molecule has 0 unspecified atom stereocenters. The first-order chi connectivity index (χ1) is 9.81. The Morgan fingerprint density at radius 3 is 2.57 bits per heavy atom. The number of rotatable bonds is 7. The van der Waals surface area contributed by atoms with Gasteiger partial charge in [0.15, 0.2) is 0 Å². The van der Waals surface area contributed by atoms with Gasteiger partial charge in [0.25, 0.3) is 0 Å². The van der Waals surface area contributed by atoms with Crippen LogP contribution < -0.4 is 16.0 Å². The van der Waals surface area contributed by atoms with E-state index in [0.29, 0.717) is 12.4 Å². The van der Waals surface area contributed by atoms with Gasteiger partial charge in [-0.1, -0.05) is 0 Å². The van der Waals surface area contributed by atoms with E-state index in [1.807, 2.05) is 6.92 Å². The lowest BCUT2D eigenvalue weighted by Gasteiger charge is -2.23. The van der Waals surface area contributed by atoms with Gasteiger partial charge in [-0.15, -0.1) is 0 Å². The largest absolute Gasteiger partial charge is 0.370 e. The van der Waals surface area contributed by atoms with Crippen LogP contribution in [0.25, 0.3) is 0 Å². The monoisotopic (exact) mass is 295 g/mol. The van der Waals surface area contributed by atoms with Gasteiger partial charge in [-0.25, -0.2) is 4.98 Å². The van der Waals surface area contributed by atoms with Gasteiger partial charge in [0.05, 0.1) is 10.3 Å². The smallest absolute Gasteiger partial charge is 0.311 e. The van der Waals surface area contributed by atoms with Gasteiger partial charge < -0.3 is 16.0 Å². The lowest BCUT2D eigenvalue weighted by Crippen LogP contribution is -2.39. The van der Waals surface area contributed by atoms with E-state index < -0.39 is 10.3 Å². The first-order valence-electron chi connectivity index (χ1n) is 6.67. The second-order valence-electron chi connectivity index (χ2n) is 5.17. The van der Waals surface area contributed by atoms with E-state index in [9.17, 15) is 14.9 Å². The molecule has 1 amide bonds. The molecule has 0 spiro atoms. The molecule has 116 valence electrons. The molecule has 0 fully saturated rings. The van der Waals surface area contributed by atoms with E-state index in [4.69, 9.17) is 0 Å². The second kappa shape index (κ2) is 6.87. The molecular formula is C13H21N5O3. The molecule has 0 aromatic carbocycles. The Bertz CT molecular complexity index is 531. The summed E-state index contributed by atoms with van der Waals surface area (Å²) in [7, 11) is 1.55. The highest BCUT2D eigenvalue weighted by atomic mass is 16.6. The third-order valence-corrected chi connectivity index (χ3v) is 2.97. The Morgan fingerprint density at radius 1 is 1.38 bits per heavy atom. The molecule has 0 radical (unpaired) electrons. The predicted molar refractivity (Wildman–Crippen MR) is 81.4 cm³/mol. The van der Waals surface area contributed by atoms with Crippen molar-refractivity contribution in [3.8, 4) is 0 Å². The van der Waals surface area contributed by atoms with Crippen molar-refractivity contribution in [2.45, 2.75) is 20.8 Å². The predicted octanol–water partition coefficient (Wildman–Crippen LogP) is 1.61. The van der Waals surface area contributed by atoms with Crippen LogP contribution in [0.15, 0.2) is 12.1 Å². The lowest BCUT2D eigenvalue weighted by atomic mass is 9.92. The number of hydrogen-bond acceptors (Lipinski definition) is 6. The van der Waals surface area contributed by atoms with Crippen LogP contribution in [0.5, 0.6) is 0 Å². The number of carbonyl (C=O) groups excluding carboxylic acids is 1. The molecule has 1 rings (SSSR count). The third-order valence-electron chi connectivity index (χ3n) is 2.97. The molecule has 0 aliphatic heterocycles. The van der Waals surface area contributed by atoms with E-state index in [1.165, 1.54) is 6.07 Å². The maximum Gasteiger partial charge on any atom is 0.311 e. The number of amides is 1. The van der Waals surface area contributed by atoms with Crippen molar-refractivity contribution in [1.82, 2.24) is 10.3 Å². The van der Waals surface area contributed by atoms with Crippen molar-refractivity contribution in [2.24, 2.45) is 5.41 Å². The summed E-state index contributed by atoms with van der Waals surface area (Å²) in [6, 6.07) is 2.94. The number of nitrogens with one attached hydrogen (secondary N) is 3. The molecule has 1 heterocycles. The Morgan fingerprint density at radius 2 is 2.05 bits per heavy atom. The van der Waals surface area contributed by atoms with Gasteiger partial charge in [0.2, 0.25) is 11.7 Å². The fourth-order valence-corrected chi connectivity index (χ4v) is 1.73. The molecule has 1 aromatic heterocycles. The van der Waals surface area contributed by atoms with Crippen molar-refractivity contribution in [3.05, 3.63) is 22.2 Å². The summed E-state index contributed by atoms with van der Waals surface area (Å²) in [6.45, 7) is 6.30. The van der Waals surface area contributed by atoms with Crippen LogP contribution in [-0.4, -0.2) is 36.0 Å². The van der Waals surface area contributed by atoms with Crippen LogP contribution in [0.2, 0.25) is 0 Å². The Kier molecular flexibility index (Phi) is 5.45. The zero-order valence-electron chi connectivity index (χ0n) is 12.7. The molecule has 0 saturated heterocycles. The van der Waals surface area contributed by atoms with Crippen molar-refractivity contribution in [3.63, 3.8) is 0 Å². The zero-order valence-corrected chi connectivity index (χ0v) is 12.7. The fraction of sp³-hybridized carbons (Fsp3) is 0.538. The topological polar surface area (TPSA) is 109 Å². The SMILES string of the molecule is CCNc1ccc([N+](=O)[O-])c(NCC(C)(C)C(=O)NC)n1. The highest BCUT2D eigenvalue weighted by Crippen LogP contribution is 2.25. The number of hydrogen-bond donors (Lipinski definition) is 3. The molecule has 0 atom stereocenters. The normalized spacial score (nSPS) is 10.9. The minimum absolute atomic E-state index is 0.121. The zero-order chi connectivity index (χ0) is 16.0. The van der Waals surface area contributed by atoms with Crippen molar-refractivity contribution in [2.75, 3.05) is 30.8 Å². The van der Waals surface area contributed by atoms with Crippen LogP contribution in [0.3, 0.4) is 0 Å². The van der Waals surface area contributed by atoms with Gasteiger partial charge in [-0.3, -0.25) is 14.9 Å². The molecule has 8 heteroatoms. The van der Waals surface area contributed by atoms with Crippen LogP contribution in [-0.2, 0) is 4.79 Å². The van der Waals surface area contributed by atoms with Crippen LogP contribution in [0, 0.1) is 15.5 Å². The molecule has 0 aliphatic carbocycles. The average Bonchev–Trinajstić information content (AvgIpc) is 2.44. The first kappa shape index (κ1) is 16.7. The number of aromatic nitrogens is 1. The summed E-state index contributed by atoms with van der Waals surface area (Å²) in [4.78, 5) is 26.4. The van der Waals surface area contributed by atoms with Crippen LogP contribution in [0.4, 0.5) is 17.3 Å². The van der Waals surface area contributed by atoms with Gasteiger partial charge in [0.1, 0.15) is 5.82 Å². The maximum atomic E-state index is 11.7. The average molecular weight is 295 g/mol. The Hall–Kier alpha value is -2.38. The quantitative estimate of drug-likeness (QED) is 0.521. The standard InChI is InChI=1S/C13H21N5O3/c1-5-15-10-7-6-9(18(20)21)11(17-10)16-8-13(2,3)12(19)14-4/h6-7H,5,8H2,1-4H3,(H,14,19)(H2,15,16,17). The summed E-state index contributed by atoms with van der Waals surface area (Å²) < 4.78 is 0. The number of anilines is 2. The Labute approximate surface area is 123 Å². The Balaban J connectivity index is 2.97. The highest BCUT2D eigenvalue weighted by molar-refractivity contribution is 5.82. The summed E-state index contributed by atoms with van der Waals surface area (Å²) >= 11 is 0. The molecule has 0 aliphatic rings. The van der Waals surface area contributed by atoms with Crippen molar-refractivity contribution in [1.29, 1.82) is 0 Å². The molecule has 8 nitrogen and oxygen atoms in total. The maximum absolute atomic E-state index is 11.7. The van der Waals surface area contributed by atoms with E-state index in [1.54, 1.807) is 27.0 Å². The molecule has 0 saturated carbocycles. The third kappa shape index (κ3) is 4.30. The molecular weight excluding hydrogens is 274 g/mol. The fourth-order valence-electron chi connectivity index (χ4n) is 1.73. The summed E-state index contributed by atoms with van der Waals surface area (Å²) in [5.41, 5.74) is -0.831. The molecule has 21 heavy (non-hydrogen) atoms. The van der Waals surface area contributed by atoms with Crippen LogP contribution in [0.1, 0.15) is 20.8 Å². The van der Waals surface area contributed by atoms with Gasteiger partial charge >= 0.3 is 5.69 Å². The number of nitrogens with zero attached hydrogens (tertiary/aromatic N) is 2. The highest BCUT2D eigenvalue weighted by Gasteiger charge is 2.28. The lowest BCUT2D eigenvalue weighted by molar-refractivity contribution is -0.384. The number of carbonyl (C=O) groups is 1. The van der Waals surface area contributed by atoms with Gasteiger partial charge in [-0.05, 0) is 26.8 Å². The minimum Gasteiger partial charge on any atom is -0.370 e. The second-order valence-corrected chi connectivity index (χ2v) is 5.17. The summed E-state index contributed by atoms with van der Waals surface area (Å²) in [5.74, 6) is 0.541. The van der Waals surface area contributed by atoms with E-state index >= 15 is 0 Å². The van der Waals surface area contributed by atoms with E-state index in [-0.39, 0.29) is 24.0 Å². The van der Waals surface area contributed by atoms with Gasteiger partial charge in [0, 0.05) is 26.2 Å². The summed E-state index contributed by atoms with van der Waals surface area (Å²) in [5, 5.41) is 19.5. The molecule has 0 bridgehead atoms. The molecule has 1 aromatic rings. The molecule has 3 N–H and O–H groups in total. The van der Waals surface area contributed by atoms with Crippen molar-refractivity contribution < 1.29 is 9.72 Å². The first-order valence-corrected chi connectivity index (χ1v) is 6.67. The number of pyridine rings is 1. The van der Waals surface area contributed by atoms with Gasteiger partial charge in [-0.2, -0.15) is 0 Å². The van der Waals surface area contributed by atoms with E-state index in [2.05, 4.69) is 20.9 Å². The van der Waals surface area contributed by atoms with E-state index in [0.717, 1.165) is 0 Å². The van der Waals surface area contributed by atoms with Crippen LogP contribution >= 0.6 is 0 Å².